The highest BCUT2D eigenvalue weighted by atomic mass is 15.4. The lowest BCUT2D eigenvalue weighted by atomic mass is 10.1. The quantitative estimate of drug-likeness (QED) is 0.719. The molecule has 0 saturated heterocycles. The van der Waals surface area contributed by atoms with E-state index in [1.807, 2.05) is 23.5 Å². The van der Waals surface area contributed by atoms with Crippen LogP contribution in [-0.4, -0.2) is 50.2 Å². The molecular formula is C17H22N8. The van der Waals surface area contributed by atoms with Crippen molar-refractivity contribution in [3.05, 3.63) is 35.7 Å². The minimum Gasteiger partial charge on any atom is -0.362 e. The second kappa shape index (κ2) is 5.94. The molecule has 8 nitrogen and oxygen atoms in total. The number of nitrogens with zero attached hydrogens (tertiary/aromatic N) is 8. The van der Waals surface area contributed by atoms with Crippen molar-refractivity contribution in [3.8, 4) is 0 Å². The van der Waals surface area contributed by atoms with E-state index in [0.717, 1.165) is 42.5 Å². The monoisotopic (exact) mass is 338 g/mol. The summed E-state index contributed by atoms with van der Waals surface area (Å²) in [4.78, 5) is 22.2. The first-order chi connectivity index (χ1) is 12.0. The number of hydrogen-bond donors (Lipinski definition) is 0. The number of anilines is 2. The van der Waals surface area contributed by atoms with Crippen LogP contribution >= 0.6 is 0 Å². The molecule has 0 fully saturated rings. The Morgan fingerprint density at radius 2 is 1.96 bits per heavy atom. The van der Waals surface area contributed by atoms with Gasteiger partial charge in [0.2, 0.25) is 0 Å². The summed E-state index contributed by atoms with van der Waals surface area (Å²) >= 11 is 0. The van der Waals surface area contributed by atoms with Crippen LogP contribution in [0.1, 0.15) is 36.7 Å². The van der Waals surface area contributed by atoms with Crippen LogP contribution < -0.4 is 9.80 Å². The molecule has 0 bridgehead atoms. The summed E-state index contributed by atoms with van der Waals surface area (Å²) in [6.45, 7) is 5.92. The average Bonchev–Trinajstić information content (AvgIpc) is 3.08. The third-order valence-electron chi connectivity index (χ3n) is 4.57. The van der Waals surface area contributed by atoms with Crippen LogP contribution in [0.15, 0.2) is 18.7 Å². The smallest absolute Gasteiger partial charge is 0.254 e. The maximum absolute atomic E-state index is 4.61. The van der Waals surface area contributed by atoms with Crippen molar-refractivity contribution in [2.45, 2.75) is 32.7 Å². The van der Waals surface area contributed by atoms with Crippen LogP contribution in [0.25, 0.3) is 5.78 Å². The Hall–Kier alpha value is -2.77. The molecule has 0 radical (unpaired) electrons. The molecule has 3 aromatic rings. The summed E-state index contributed by atoms with van der Waals surface area (Å²) in [6.07, 6.45) is 4.10. The fourth-order valence-electron chi connectivity index (χ4n) is 3.24. The normalized spacial score (nSPS) is 14.2. The first-order valence-electron chi connectivity index (χ1n) is 8.50. The molecule has 4 heterocycles. The Bertz CT molecular complexity index is 914. The molecule has 0 unspecified atom stereocenters. The van der Waals surface area contributed by atoms with E-state index < -0.39 is 0 Å². The molecule has 4 rings (SSSR count). The van der Waals surface area contributed by atoms with Crippen LogP contribution in [0.5, 0.6) is 0 Å². The van der Waals surface area contributed by atoms with Gasteiger partial charge in [0.15, 0.2) is 0 Å². The van der Waals surface area contributed by atoms with E-state index in [9.17, 15) is 0 Å². The molecule has 1 aliphatic rings. The van der Waals surface area contributed by atoms with E-state index in [4.69, 9.17) is 0 Å². The maximum Gasteiger partial charge on any atom is 0.254 e. The van der Waals surface area contributed by atoms with E-state index in [-0.39, 0.29) is 0 Å². The Balaban J connectivity index is 1.80. The average molecular weight is 338 g/mol. The highest BCUT2D eigenvalue weighted by Crippen LogP contribution is 2.29. The van der Waals surface area contributed by atoms with Crippen molar-refractivity contribution in [3.63, 3.8) is 0 Å². The van der Waals surface area contributed by atoms with Gasteiger partial charge >= 0.3 is 0 Å². The first-order valence-corrected chi connectivity index (χ1v) is 8.50. The van der Waals surface area contributed by atoms with Gasteiger partial charge in [-0.2, -0.15) is 14.6 Å². The van der Waals surface area contributed by atoms with Gasteiger partial charge in [-0.05, 0) is 5.92 Å². The van der Waals surface area contributed by atoms with Crippen LogP contribution in [0.2, 0.25) is 0 Å². The third-order valence-corrected chi connectivity index (χ3v) is 4.57. The molecule has 0 aromatic carbocycles. The van der Waals surface area contributed by atoms with Crippen LogP contribution in [0.3, 0.4) is 0 Å². The van der Waals surface area contributed by atoms with Gasteiger partial charge in [-0.15, -0.1) is 0 Å². The van der Waals surface area contributed by atoms with Crippen molar-refractivity contribution in [2.75, 3.05) is 30.4 Å². The van der Waals surface area contributed by atoms with Gasteiger partial charge in [0.25, 0.3) is 5.78 Å². The fraction of sp³-hybridized carbons (Fsp3) is 0.471. The highest BCUT2D eigenvalue weighted by molar-refractivity contribution is 5.55. The predicted molar refractivity (Wildman–Crippen MR) is 96.0 cm³/mol. The predicted octanol–water partition coefficient (Wildman–Crippen LogP) is 1.67. The van der Waals surface area contributed by atoms with Crippen LogP contribution in [0, 0.1) is 0 Å². The van der Waals surface area contributed by atoms with Gasteiger partial charge < -0.3 is 9.80 Å². The summed E-state index contributed by atoms with van der Waals surface area (Å²) in [6, 6.07) is 2.12. The van der Waals surface area contributed by atoms with Gasteiger partial charge in [-0.1, -0.05) is 13.8 Å². The summed E-state index contributed by atoms with van der Waals surface area (Å²) in [5, 5.41) is 4.37. The lowest BCUT2D eigenvalue weighted by Gasteiger charge is -2.32. The van der Waals surface area contributed by atoms with Crippen molar-refractivity contribution in [1.29, 1.82) is 0 Å². The molecule has 1 aliphatic heterocycles. The molecule has 0 spiro atoms. The lowest BCUT2D eigenvalue weighted by molar-refractivity contribution is 0.676. The largest absolute Gasteiger partial charge is 0.362 e. The van der Waals surface area contributed by atoms with E-state index in [1.54, 1.807) is 12.7 Å². The van der Waals surface area contributed by atoms with Gasteiger partial charge in [-0.25, -0.2) is 15.0 Å². The summed E-state index contributed by atoms with van der Waals surface area (Å²) in [5.74, 6) is 2.97. The topological polar surface area (TPSA) is 75.3 Å². The zero-order valence-electron chi connectivity index (χ0n) is 15.0. The molecule has 0 N–H and O–H groups in total. The molecular weight excluding hydrogens is 316 g/mol. The highest BCUT2D eigenvalue weighted by Gasteiger charge is 2.24. The van der Waals surface area contributed by atoms with Gasteiger partial charge in [0.1, 0.15) is 24.3 Å². The van der Waals surface area contributed by atoms with Gasteiger partial charge in [0, 0.05) is 45.2 Å². The molecule has 0 saturated carbocycles. The minimum absolute atomic E-state index is 0.332. The van der Waals surface area contributed by atoms with Crippen molar-refractivity contribution in [2.24, 2.45) is 0 Å². The van der Waals surface area contributed by atoms with Crippen LogP contribution in [-0.2, 0) is 13.0 Å². The standard InChI is InChI=1S/C17H22N8/c1-11(2)14-7-15(25-17(22-14)20-10-21-25)24-6-5-13-12(8-24)16(23(3)4)19-9-18-13/h7,9-11H,5-6,8H2,1-4H3. The fourth-order valence-corrected chi connectivity index (χ4v) is 3.24. The number of fused-ring (bicyclic) bond motifs is 2. The zero-order valence-corrected chi connectivity index (χ0v) is 15.0. The summed E-state index contributed by atoms with van der Waals surface area (Å²) < 4.78 is 1.82. The van der Waals surface area contributed by atoms with Gasteiger partial charge in [-0.3, -0.25) is 0 Å². The summed E-state index contributed by atoms with van der Waals surface area (Å²) in [7, 11) is 4.03. The third kappa shape index (κ3) is 2.67. The number of hydrogen-bond acceptors (Lipinski definition) is 7. The molecule has 3 aromatic heterocycles. The number of aromatic nitrogens is 6. The second-order valence-corrected chi connectivity index (χ2v) is 6.85. The van der Waals surface area contributed by atoms with Crippen molar-refractivity contribution in [1.82, 2.24) is 29.5 Å². The Labute approximate surface area is 146 Å². The maximum atomic E-state index is 4.61. The molecule has 0 amide bonds. The lowest BCUT2D eigenvalue weighted by Crippen LogP contribution is -2.34. The SMILES string of the molecule is CC(C)c1cc(N2CCc3ncnc(N(C)C)c3C2)n2ncnc2n1. The van der Waals surface area contributed by atoms with E-state index in [2.05, 4.69) is 49.8 Å². The first kappa shape index (κ1) is 15.7. The minimum atomic E-state index is 0.332. The Morgan fingerprint density at radius 3 is 2.72 bits per heavy atom. The van der Waals surface area contributed by atoms with Crippen LogP contribution in [0.4, 0.5) is 11.6 Å². The van der Waals surface area contributed by atoms with Crippen molar-refractivity contribution < 1.29 is 0 Å². The van der Waals surface area contributed by atoms with E-state index in [0.29, 0.717) is 11.7 Å². The molecule has 25 heavy (non-hydrogen) atoms. The van der Waals surface area contributed by atoms with E-state index in [1.165, 1.54) is 5.56 Å². The molecule has 0 aliphatic carbocycles. The second-order valence-electron chi connectivity index (χ2n) is 6.85. The molecule has 130 valence electrons. The van der Waals surface area contributed by atoms with E-state index >= 15 is 0 Å². The molecule has 0 atom stereocenters. The van der Waals surface area contributed by atoms with Crippen molar-refractivity contribution >= 4 is 17.4 Å². The zero-order chi connectivity index (χ0) is 17.6. The number of rotatable bonds is 3. The van der Waals surface area contributed by atoms with Gasteiger partial charge in [0.05, 0.1) is 11.4 Å². The Kier molecular flexibility index (Phi) is 3.74. The molecule has 8 heteroatoms. The Morgan fingerprint density at radius 1 is 1.12 bits per heavy atom. The summed E-state index contributed by atoms with van der Waals surface area (Å²) in [5.41, 5.74) is 3.33.